The minimum absolute atomic E-state index is 0.00634. The Morgan fingerprint density at radius 2 is 0.846 bits per heavy atom. The van der Waals surface area contributed by atoms with Crippen molar-refractivity contribution >= 4 is 59.4 Å². The largest absolute Gasteiger partial charge is 0.481 e. The molecule has 5 unspecified atom stereocenters. The molecule has 52 heavy (non-hydrogen) atoms. The van der Waals surface area contributed by atoms with Crippen LogP contribution in [0.4, 0.5) is 0 Å². The number of carboxylic acids is 2. The predicted octanol–water partition coefficient (Wildman–Crippen LogP) is -7.92. The molecule has 0 bridgehead atoms. The fraction of sp³-hybridized carbons (Fsp3) is 0.630. The van der Waals surface area contributed by atoms with Crippen molar-refractivity contribution in [3.63, 3.8) is 0 Å². The lowest BCUT2D eigenvalue weighted by atomic mass is 10.1. The molecular formula is C27H51N15O10. The van der Waals surface area contributed by atoms with Crippen LogP contribution in [0.15, 0.2) is 15.0 Å². The molecule has 0 rings (SSSR count). The molecule has 294 valence electrons. The molecular weight excluding hydrogens is 694 g/mol. The molecule has 0 aromatic rings. The van der Waals surface area contributed by atoms with Crippen molar-refractivity contribution in [1.82, 2.24) is 26.6 Å². The topological polar surface area (TPSA) is 460 Å². The number of carboxylic acid groups (broad SMARTS) is 2. The van der Waals surface area contributed by atoms with Crippen molar-refractivity contribution in [3.05, 3.63) is 0 Å². The van der Waals surface area contributed by atoms with Gasteiger partial charge in [0.2, 0.25) is 29.5 Å². The van der Waals surface area contributed by atoms with E-state index in [1.54, 1.807) is 0 Å². The highest BCUT2D eigenvalue weighted by atomic mass is 16.4. The van der Waals surface area contributed by atoms with Gasteiger partial charge in [-0.15, -0.1) is 0 Å². The van der Waals surface area contributed by atoms with E-state index in [-0.39, 0.29) is 76.0 Å². The van der Waals surface area contributed by atoms with Crippen molar-refractivity contribution in [2.75, 3.05) is 32.8 Å². The minimum atomic E-state index is -1.84. The number of hydrogen-bond donors (Lipinski definition) is 15. The molecule has 0 saturated heterocycles. The highest BCUT2D eigenvalue weighted by Gasteiger charge is 2.33. The van der Waals surface area contributed by atoms with Crippen LogP contribution in [0.1, 0.15) is 44.9 Å². The monoisotopic (exact) mass is 745 g/mol. The van der Waals surface area contributed by atoms with Gasteiger partial charge in [-0.1, -0.05) is 0 Å². The summed E-state index contributed by atoms with van der Waals surface area (Å²) in [7, 11) is 0. The highest BCUT2D eigenvalue weighted by molar-refractivity contribution is 5.97. The molecule has 0 spiro atoms. The van der Waals surface area contributed by atoms with E-state index in [0.29, 0.717) is 0 Å². The molecule has 5 atom stereocenters. The minimum Gasteiger partial charge on any atom is -0.481 e. The lowest BCUT2D eigenvalue weighted by molar-refractivity contribution is -0.144. The third-order valence-corrected chi connectivity index (χ3v) is 6.75. The Balaban J connectivity index is 6.30. The van der Waals surface area contributed by atoms with E-state index >= 15 is 0 Å². The third kappa shape index (κ3) is 20.5. The zero-order chi connectivity index (χ0) is 39.8. The molecule has 0 heterocycles. The number of nitrogens with zero attached hydrogens (tertiary/aromatic N) is 3. The van der Waals surface area contributed by atoms with E-state index in [0.717, 1.165) is 0 Å². The van der Waals surface area contributed by atoms with Gasteiger partial charge in [-0.05, 0) is 38.5 Å². The van der Waals surface area contributed by atoms with Gasteiger partial charge in [0.05, 0.1) is 19.6 Å². The Morgan fingerprint density at radius 3 is 1.15 bits per heavy atom. The fourth-order valence-electron chi connectivity index (χ4n) is 4.23. The second kappa shape index (κ2) is 25.0. The molecule has 0 aliphatic rings. The molecule has 0 radical (unpaired) electrons. The first-order chi connectivity index (χ1) is 24.4. The lowest BCUT2D eigenvalue weighted by Crippen LogP contribution is -2.59. The van der Waals surface area contributed by atoms with Crippen LogP contribution in [0, 0.1) is 0 Å². The van der Waals surface area contributed by atoms with Crippen LogP contribution >= 0.6 is 0 Å². The SMILES string of the molecule is NCC(=O)NC(CCCN=C(N)N)C(=O)NC(CCCN=C(N)N)C(=O)NC(CC(=O)O)C(=O)NC(CCCN=C(N)N)C(=O)NC(CO)C(=O)O. The van der Waals surface area contributed by atoms with E-state index in [1.165, 1.54) is 0 Å². The zero-order valence-corrected chi connectivity index (χ0v) is 28.5. The quantitative estimate of drug-likeness (QED) is 0.0222. The van der Waals surface area contributed by atoms with Crippen LogP contribution in [0.2, 0.25) is 0 Å². The van der Waals surface area contributed by atoms with Crippen LogP contribution in [0.3, 0.4) is 0 Å². The fourth-order valence-corrected chi connectivity index (χ4v) is 4.23. The van der Waals surface area contributed by atoms with Gasteiger partial charge in [-0.2, -0.15) is 0 Å². The van der Waals surface area contributed by atoms with Gasteiger partial charge in [0, 0.05) is 19.6 Å². The van der Waals surface area contributed by atoms with Crippen LogP contribution < -0.4 is 66.7 Å². The molecule has 0 aliphatic heterocycles. The van der Waals surface area contributed by atoms with Crippen molar-refractivity contribution in [2.45, 2.75) is 75.2 Å². The normalized spacial score (nSPS) is 13.3. The van der Waals surface area contributed by atoms with Crippen LogP contribution in [0.5, 0.6) is 0 Å². The number of aliphatic hydroxyl groups is 1. The molecule has 0 fully saturated rings. The summed E-state index contributed by atoms with van der Waals surface area (Å²) in [6, 6.07) is -7.75. The number of rotatable bonds is 26. The summed E-state index contributed by atoms with van der Waals surface area (Å²) >= 11 is 0. The first kappa shape index (κ1) is 46.0. The molecule has 25 heteroatoms. The van der Waals surface area contributed by atoms with Crippen LogP contribution in [0.25, 0.3) is 0 Å². The molecule has 0 aliphatic carbocycles. The van der Waals surface area contributed by atoms with E-state index < -0.39 is 91.3 Å². The van der Waals surface area contributed by atoms with E-state index in [9.17, 15) is 48.9 Å². The summed E-state index contributed by atoms with van der Waals surface area (Å²) in [5.41, 5.74) is 37.3. The standard InChI is InChI=1S/C27H51N15O10/c28-11-18(44)38-13(4-1-7-35-25(29)30)20(47)39-14(5-2-8-36-26(31)32)21(48)41-16(10-19(45)46)23(50)40-15(6-3-9-37-27(33)34)22(49)42-17(12-43)24(51)52/h13-17,43H,1-12,28H2,(H,38,44)(H,39,47)(H,40,50)(H,41,48)(H,42,49)(H,45,46)(H,51,52)(H4,29,30,35)(H4,31,32,36)(H4,33,34,37). The molecule has 25 nitrogen and oxygen atoms in total. The van der Waals surface area contributed by atoms with Crippen molar-refractivity contribution in [3.8, 4) is 0 Å². The molecule has 5 amide bonds. The Morgan fingerprint density at radius 1 is 0.519 bits per heavy atom. The van der Waals surface area contributed by atoms with Gasteiger partial charge in [-0.3, -0.25) is 43.7 Å². The number of carbonyl (C=O) groups excluding carboxylic acids is 5. The van der Waals surface area contributed by atoms with Crippen LogP contribution in [-0.2, 0) is 33.6 Å². The maximum absolute atomic E-state index is 13.5. The number of nitrogens with two attached hydrogens (primary N) is 7. The van der Waals surface area contributed by atoms with Crippen molar-refractivity contribution in [2.24, 2.45) is 55.1 Å². The average Bonchev–Trinajstić information content (AvgIpc) is 3.05. The molecule has 0 saturated carbocycles. The number of aliphatic hydroxyl groups excluding tert-OH is 1. The van der Waals surface area contributed by atoms with Gasteiger partial charge in [-0.25, -0.2) is 4.79 Å². The number of guanidine groups is 3. The summed E-state index contributed by atoms with van der Waals surface area (Å²) in [4.78, 5) is 99.7. The number of nitrogens with one attached hydrogen (secondary N) is 5. The Labute approximate surface area is 298 Å². The number of hydrogen-bond acceptors (Lipinski definition) is 12. The second-order valence-electron chi connectivity index (χ2n) is 11.0. The summed E-state index contributed by atoms with van der Waals surface area (Å²) < 4.78 is 0. The van der Waals surface area contributed by atoms with E-state index in [1.807, 2.05) is 5.32 Å². The number of aliphatic imine (C=N–C) groups is 3. The number of amides is 5. The maximum atomic E-state index is 13.5. The summed E-state index contributed by atoms with van der Waals surface area (Å²) in [6.07, 6.45) is -0.938. The van der Waals surface area contributed by atoms with Crippen molar-refractivity contribution < 1.29 is 48.9 Å². The summed E-state index contributed by atoms with van der Waals surface area (Å²) in [5, 5.41) is 39.5. The summed E-state index contributed by atoms with van der Waals surface area (Å²) in [5.74, 6) is -8.65. The smallest absolute Gasteiger partial charge is 0.328 e. The van der Waals surface area contributed by atoms with Gasteiger partial charge in [0.15, 0.2) is 17.9 Å². The van der Waals surface area contributed by atoms with Gasteiger partial charge < -0.3 is 82.0 Å². The Hall–Kier alpha value is -5.98. The van der Waals surface area contributed by atoms with Crippen LogP contribution in [-0.4, -0.2) is 138 Å². The average molecular weight is 746 g/mol. The Bertz CT molecular complexity index is 1310. The zero-order valence-electron chi connectivity index (χ0n) is 28.5. The van der Waals surface area contributed by atoms with Gasteiger partial charge >= 0.3 is 11.9 Å². The van der Waals surface area contributed by atoms with E-state index in [4.69, 9.17) is 40.1 Å². The lowest BCUT2D eigenvalue weighted by Gasteiger charge is -2.26. The maximum Gasteiger partial charge on any atom is 0.328 e. The number of aliphatic carboxylic acids is 2. The first-order valence-electron chi connectivity index (χ1n) is 15.8. The van der Waals surface area contributed by atoms with Gasteiger partial charge in [0.25, 0.3) is 0 Å². The summed E-state index contributed by atoms with van der Waals surface area (Å²) in [6.45, 7) is -1.35. The van der Waals surface area contributed by atoms with E-state index in [2.05, 4.69) is 36.2 Å². The van der Waals surface area contributed by atoms with Gasteiger partial charge in [0.1, 0.15) is 30.2 Å². The first-order valence-corrected chi connectivity index (χ1v) is 15.8. The second-order valence-corrected chi connectivity index (χ2v) is 11.0. The molecule has 22 N–H and O–H groups in total. The molecule has 0 aromatic carbocycles. The van der Waals surface area contributed by atoms with Crippen molar-refractivity contribution in [1.29, 1.82) is 0 Å². The predicted molar refractivity (Wildman–Crippen MR) is 185 cm³/mol. The third-order valence-electron chi connectivity index (χ3n) is 6.75. The highest BCUT2D eigenvalue weighted by Crippen LogP contribution is 2.07. The number of carbonyl (C=O) groups is 7. The molecule has 0 aromatic heterocycles. The Kier molecular flexibility index (Phi) is 22.2.